The molecule has 0 radical (unpaired) electrons. The average Bonchev–Trinajstić information content (AvgIpc) is 3.14. The van der Waals surface area contributed by atoms with Crippen molar-refractivity contribution in [3.63, 3.8) is 0 Å². The number of hydrogen-bond acceptors (Lipinski definition) is 3. The number of unbranched alkanes of at least 4 members (excludes halogenated alkanes) is 3. The number of rotatable bonds is 10. The number of aryl methyl sites for hydroxylation is 2. The summed E-state index contributed by atoms with van der Waals surface area (Å²) in [4.78, 5) is 16.0. The van der Waals surface area contributed by atoms with E-state index in [1.807, 2.05) is 18.3 Å². The molecular weight excluding hydrogens is 338 g/mol. The van der Waals surface area contributed by atoms with Crippen molar-refractivity contribution in [2.75, 3.05) is 6.54 Å². The van der Waals surface area contributed by atoms with Crippen LogP contribution in [0.4, 0.5) is 0 Å². The van der Waals surface area contributed by atoms with Gasteiger partial charge in [0.1, 0.15) is 5.75 Å². The second-order valence-corrected chi connectivity index (χ2v) is 6.58. The van der Waals surface area contributed by atoms with E-state index < -0.39 is 18.7 Å². The zero-order valence-corrected chi connectivity index (χ0v) is 15.3. The van der Waals surface area contributed by atoms with E-state index in [9.17, 15) is 9.90 Å². The number of phenols is 1. The molecule has 0 spiro atoms. The number of aromatic nitrogens is 2. The highest BCUT2D eigenvalue weighted by atomic mass is 16.3. The Hall–Kier alpha value is -2.82. The fourth-order valence-corrected chi connectivity index (χ4v) is 3.06. The Bertz CT molecular complexity index is 930. The minimum Gasteiger partial charge on any atom is -0.508 e. The number of carbonyl (C=O) groups excluding carboxylic acids is 1. The fraction of sp³-hybridized carbons (Fsp3) is 0.364. The quantitative estimate of drug-likeness (QED) is 0.531. The lowest BCUT2D eigenvalue weighted by atomic mass is 10.1. The van der Waals surface area contributed by atoms with E-state index in [2.05, 4.69) is 14.9 Å². The maximum atomic E-state index is 12.1. The van der Waals surface area contributed by atoms with Crippen LogP contribution < -0.4 is 5.32 Å². The molecule has 1 aromatic carbocycles. The summed E-state index contributed by atoms with van der Waals surface area (Å²) in [6, 6.07) is 10.8. The van der Waals surface area contributed by atoms with E-state index in [0.717, 1.165) is 43.1 Å². The lowest BCUT2D eigenvalue weighted by Gasteiger charge is -2.07. The third-order valence-corrected chi connectivity index (χ3v) is 4.49. The zero-order valence-electron chi connectivity index (χ0n) is 17.3. The first kappa shape index (κ1) is 16.4. The number of aromatic hydroxyl groups is 1. The van der Waals surface area contributed by atoms with Gasteiger partial charge in [0.25, 0.3) is 0 Å². The summed E-state index contributed by atoms with van der Waals surface area (Å²) in [5.74, 6) is -0.125. The Morgan fingerprint density at radius 1 is 1.19 bits per heavy atom. The van der Waals surface area contributed by atoms with Crippen LogP contribution in [0, 0.1) is 0 Å². The van der Waals surface area contributed by atoms with Gasteiger partial charge in [-0.2, -0.15) is 0 Å². The van der Waals surface area contributed by atoms with Crippen LogP contribution >= 0.6 is 0 Å². The van der Waals surface area contributed by atoms with E-state index in [1.54, 1.807) is 30.5 Å². The van der Waals surface area contributed by atoms with Gasteiger partial charge in [0.15, 0.2) is 0 Å². The van der Waals surface area contributed by atoms with Crippen LogP contribution in [0.25, 0.3) is 10.9 Å². The number of phenolic OH excluding ortho intramolecular Hbond substituents is 1. The third kappa shape index (κ3) is 5.84. The normalized spacial score (nSPS) is 14.4. The molecule has 0 saturated heterocycles. The van der Waals surface area contributed by atoms with Gasteiger partial charge >= 0.3 is 0 Å². The number of carbonyl (C=O) groups is 1. The van der Waals surface area contributed by atoms with E-state index in [1.165, 1.54) is 6.20 Å². The molecule has 3 rings (SSSR count). The summed E-state index contributed by atoms with van der Waals surface area (Å²) < 4.78 is 18.2. The average molecular weight is 367 g/mol. The molecule has 0 aliphatic carbocycles. The van der Waals surface area contributed by atoms with Gasteiger partial charge in [0.2, 0.25) is 5.91 Å². The Morgan fingerprint density at radius 2 is 2.07 bits per heavy atom. The number of hydrogen-bond donors (Lipinski definition) is 2. The minimum atomic E-state index is -1.15. The summed E-state index contributed by atoms with van der Waals surface area (Å²) in [7, 11) is 0. The van der Waals surface area contributed by atoms with Gasteiger partial charge < -0.3 is 15.0 Å². The highest BCUT2D eigenvalue weighted by Crippen LogP contribution is 2.21. The minimum absolute atomic E-state index is 0.282. The largest absolute Gasteiger partial charge is 0.508 e. The van der Waals surface area contributed by atoms with Crippen molar-refractivity contribution in [3.05, 3.63) is 60.6 Å². The maximum absolute atomic E-state index is 12.1. The summed E-state index contributed by atoms with van der Waals surface area (Å²) >= 11 is 0. The fourth-order valence-electron chi connectivity index (χ4n) is 3.06. The molecular formula is C22H27N3O2. The monoisotopic (exact) mass is 367 g/mol. The second kappa shape index (κ2) is 9.76. The van der Waals surface area contributed by atoms with Crippen molar-refractivity contribution < 1.29 is 12.6 Å². The molecule has 1 amide bonds. The molecule has 2 atom stereocenters. The molecule has 0 aliphatic heterocycles. The predicted octanol–water partition coefficient (Wildman–Crippen LogP) is 4.05. The Balaban J connectivity index is 1.32. The smallest absolute Gasteiger partial charge is 0.220 e. The van der Waals surface area contributed by atoms with Gasteiger partial charge in [-0.15, -0.1) is 0 Å². The van der Waals surface area contributed by atoms with Crippen molar-refractivity contribution in [2.24, 2.45) is 0 Å². The zero-order chi connectivity index (χ0) is 20.6. The number of benzene rings is 1. The van der Waals surface area contributed by atoms with Crippen LogP contribution in [0.15, 0.2) is 55.0 Å². The summed E-state index contributed by atoms with van der Waals surface area (Å²) in [6.45, 7) is 1.45. The van der Waals surface area contributed by atoms with Crippen molar-refractivity contribution >= 4 is 16.8 Å². The Labute approximate surface area is 162 Å². The maximum Gasteiger partial charge on any atom is 0.220 e. The molecule has 5 heteroatoms. The van der Waals surface area contributed by atoms with E-state index >= 15 is 0 Å². The van der Waals surface area contributed by atoms with Crippen LogP contribution in [-0.4, -0.2) is 27.1 Å². The van der Waals surface area contributed by atoms with E-state index in [-0.39, 0.29) is 5.75 Å². The van der Waals surface area contributed by atoms with Gasteiger partial charge in [0, 0.05) is 51.7 Å². The lowest BCUT2D eigenvalue weighted by Crippen LogP contribution is -2.24. The molecule has 5 nitrogen and oxygen atoms in total. The van der Waals surface area contributed by atoms with Crippen LogP contribution in [0.1, 0.15) is 40.4 Å². The molecule has 0 bridgehead atoms. The van der Waals surface area contributed by atoms with Crippen LogP contribution in [0.3, 0.4) is 0 Å². The van der Waals surface area contributed by atoms with Gasteiger partial charge in [-0.05, 0) is 55.1 Å². The van der Waals surface area contributed by atoms with Gasteiger partial charge in [0.05, 0.1) is 0 Å². The molecule has 2 N–H and O–H groups in total. The Kier molecular flexibility index (Phi) is 5.91. The first-order chi connectivity index (χ1) is 14.1. The van der Waals surface area contributed by atoms with E-state index in [0.29, 0.717) is 12.1 Å². The summed E-state index contributed by atoms with van der Waals surface area (Å²) in [5.41, 5.74) is 1.70. The van der Waals surface area contributed by atoms with Crippen LogP contribution in [0.5, 0.6) is 5.75 Å². The molecule has 0 unspecified atom stereocenters. The van der Waals surface area contributed by atoms with Crippen LogP contribution in [0.2, 0.25) is 0 Å². The van der Waals surface area contributed by atoms with Gasteiger partial charge in [-0.1, -0.05) is 18.9 Å². The standard InChI is InChI=1S/C22H27N3O2/c26-20-8-9-21-19(16-20)11-15-25(21)14-4-2-1-3-13-24-22(27)10-7-18-6-5-12-23-17-18/h5-6,8-9,11-12,15-17,26H,1-4,7,10,13-14H2,(H,24,27)/i7D,10D/t7-,10-/m0/s1. The number of amides is 1. The van der Waals surface area contributed by atoms with Crippen molar-refractivity contribution in [1.29, 1.82) is 0 Å². The molecule has 0 saturated carbocycles. The summed E-state index contributed by atoms with van der Waals surface area (Å²) in [5, 5.41) is 13.3. The predicted molar refractivity (Wildman–Crippen MR) is 108 cm³/mol. The molecule has 3 aromatic rings. The first-order valence-electron chi connectivity index (χ1n) is 10.5. The van der Waals surface area contributed by atoms with Crippen molar-refractivity contribution in [2.45, 2.75) is 45.0 Å². The number of fused-ring (bicyclic) bond motifs is 1. The first-order valence-corrected chi connectivity index (χ1v) is 9.36. The molecule has 0 fully saturated rings. The van der Waals surface area contributed by atoms with Gasteiger partial charge in [-0.25, -0.2) is 0 Å². The van der Waals surface area contributed by atoms with E-state index in [4.69, 9.17) is 2.74 Å². The van der Waals surface area contributed by atoms with Gasteiger partial charge in [-0.3, -0.25) is 9.78 Å². The number of pyridine rings is 1. The van der Waals surface area contributed by atoms with Crippen molar-refractivity contribution in [3.8, 4) is 5.75 Å². The SMILES string of the molecule is [2H][C@H](C(=O)NCCCCCCn1ccc2cc(O)ccc21)[C@H]([2H])c1cccnc1. The molecule has 0 aliphatic rings. The number of nitrogens with zero attached hydrogens (tertiary/aromatic N) is 2. The second-order valence-electron chi connectivity index (χ2n) is 6.58. The highest BCUT2D eigenvalue weighted by molar-refractivity contribution is 5.81. The number of nitrogens with one attached hydrogen (secondary N) is 1. The summed E-state index contributed by atoms with van der Waals surface area (Å²) in [6.07, 6.45) is 7.04. The highest BCUT2D eigenvalue weighted by Gasteiger charge is 2.03. The van der Waals surface area contributed by atoms with Crippen LogP contribution in [-0.2, 0) is 17.7 Å². The topological polar surface area (TPSA) is 67.2 Å². The van der Waals surface area contributed by atoms with Crippen molar-refractivity contribution in [1.82, 2.24) is 14.9 Å². The molecule has 2 aromatic heterocycles. The third-order valence-electron chi connectivity index (χ3n) is 4.49. The molecule has 27 heavy (non-hydrogen) atoms. The lowest BCUT2D eigenvalue weighted by molar-refractivity contribution is -0.121. The molecule has 2 heterocycles. The molecule has 142 valence electrons. The Morgan fingerprint density at radius 3 is 2.93 bits per heavy atom.